The van der Waals surface area contributed by atoms with Crippen LogP contribution < -0.4 is 5.32 Å². The Morgan fingerprint density at radius 2 is 2.10 bits per heavy atom. The molecular formula is C17H22F3N5O3S. The first-order valence-electron chi connectivity index (χ1n) is 8.82. The van der Waals surface area contributed by atoms with Gasteiger partial charge in [0.2, 0.25) is 0 Å². The maximum atomic E-state index is 11.9. The molecule has 29 heavy (non-hydrogen) atoms. The van der Waals surface area contributed by atoms with Gasteiger partial charge in [-0.3, -0.25) is 14.4 Å². The largest absolute Gasteiger partial charge is 0.490 e. The van der Waals surface area contributed by atoms with Crippen molar-refractivity contribution in [2.24, 2.45) is 0 Å². The number of nitrogens with zero attached hydrogens (tertiary/aromatic N) is 4. The molecule has 0 aliphatic carbocycles. The van der Waals surface area contributed by atoms with Gasteiger partial charge in [0.1, 0.15) is 5.69 Å². The zero-order valence-corrected chi connectivity index (χ0v) is 16.7. The van der Waals surface area contributed by atoms with E-state index in [1.54, 1.807) is 10.9 Å². The molecule has 3 rings (SSSR count). The number of amides is 1. The van der Waals surface area contributed by atoms with Gasteiger partial charge in [0.25, 0.3) is 5.91 Å². The minimum atomic E-state index is -5.08. The molecule has 0 aromatic carbocycles. The second-order valence-corrected chi connectivity index (χ2v) is 7.38. The van der Waals surface area contributed by atoms with Crippen molar-refractivity contribution in [1.29, 1.82) is 0 Å². The highest BCUT2D eigenvalue weighted by Crippen LogP contribution is 2.24. The first-order chi connectivity index (χ1) is 13.6. The molecule has 0 fully saturated rings. The number of thiazole rings is 1. The molecule has 160 valence electrons. The van der Waals surface area contributed by atoms with E-state index in [0.29, 0.717) is 24.3 Å². The summed E-state index contributed by atoms with van der Waals surface area (Å²) in [6.45, 7) is 6.98. The molecule has 0 bridgehead atoms. The summed E-state index contributed by atoms with van der Waals surface area (Å²) in [6, 6.07) is 2.89. The van der Waals surface area contributed by atoms with Crippen LogP contribution in [-0.4, -0.2) is 62.0 Å². The predicted octanol–water partition coefficient (Wildman–Crippen LogP) is 2.56. The molecule has 1 aliphatic heterocycles. The van der Waals surface area contributed by atoms with Gasteiger partial charge in [-0.25, -0.2) is 9.78 Å². The van der Waals surface area contributed by atoms with E-state index in [1.165, 1.54) is 17.0 Å². The molecule has 1 atom stereocenters. The lowest BCUT2D eigenvalue weighted by atomic mass is 10.1. The second-order valence-electron chi connectivity index (χ2n) is 6.67. The third kappa shape index (κ3) is 6.53. The Balaban J connectivity index is 0.000000370. The fourth-order valence-electron chi connectivity index (χ4n) is 2.79. The van der Waals surface area contributed by atoms with Crippen LogP contribution in [0.1, 0.15) is 42.5 Å². The number of aromatic nitrogens is 3. The van der Waals surface area contributed by atoms with Crippen LogP contribution in [0.5, 0.6) is 0 Å². The second kappa shape index (κ2) is 9.83. The van der Waals surface area contributed by atoms with Crippen molar-refractivity contribution in [2.45, 2.75) is 45.1 Å². The summed E-state index contributed by atoms with van der Waals surface area (Å²) in [5.74, 6) is -2.86. The van der Waals surface area contributed by atoms with Gasteiger partial charge in [-0.15, -0.1) is 11.3 Å². The molecule has 0 radical (unpaired) electrons. The normalized spacial score (nSPS) is 16.7. The van der Waals surface area contributed by atoms with Crippen molar-refractivity contribution in [3.8, 4) is 0 Å². The molecule has 3 heterocycles. The van der Waals surface area contributed by atoms with Crippen LogP contribution in [0.15, 0.2) is 23.2 Å². The predicted molar refractivity (Wildman–Crippen MR) is 99.6 cm³/mol. The summed E-state index contributed by atoms with van der Waals surface area (Å²) in [7, 11) is 0. The summed E-state index contributed by atoms with van der Waals surface area (Å²) >= 11 is 1.43. The van der Waals surface area contributed by atoms with E-state index in [0.717, 1.165) is 19.5 Å². The van der Waals surface area contributed by atoms with Gasteiger partial charge in [0, 0.05) is 37.3 Å². The number of rotatable bonds is 5. The van der Waals surface area contributed by atoms with Gasteiger partial charge in [-0.2, -0.15) is 18.3 Å². The third-order valence-corrected chi connectivity index (χ3v) is 4.90. The number of carboxylic acids is 1. The number of carbonyl (C=O) groups is 2. The fraction of sp³-hybridized carbons (Fsp3) is 0.529. The molecule has 0 saturated carbocycles. The van der Waals surface area contributed by atoms with Gasteiger partial charge < -0.3 is 10.4 Å². The maximum absolute atomic E-state index is 11.9. The van der Waals surface area contributed by atoms with Crippen molar-refractivity contribution in [1.82, 2.24) is 25.0 Å². The summed E-state index contributed by atoms with van der Waals surface area (Å²) in [5.41, 5.74) is 3.42. The van der Waals surface area contributed by atoms with Crippen molar-refractivity contribution in [2.75, 3.05) is 13.1 Å². The van der Waals surface area contributed by atoms with Gasteiger partial charge >= 0.3 is 12.1 Å². The third-order valence-electron chi connectivity index (χ3n) is 4.31. The fourth-order valence-corrected chi connectivity index (χ4v) is 3.32. The minimum Gasteiger partial charge on any atom is -0.475 e. The zero-order valence-electron chi connectivity index (χ0n) is 15.9. The summed E-state index contributed by atoms with van der Waals surface area (Å²) in [4.78, 5) is 27.3. The molecule has 2 N–H and O–H groups in total. The van der Waals surface area contributed by atoms with Crippen LogP contribution in [0, 0.1) is 0 Å². The Kier molecular flexibility index (Phi) is 7.73. The van der Waals surface area contributed by atoms with Crippen LogP contribution in [0.4, 0.5) is 13.2 Å². The molecule has 0 spiro atoms. The molecule has 2 aromatic heterocycles. The Bertz CT molecular complexity index is 808. The number of aliphatic carboxylic acids is 1. The Labute approximate surface area is 169 Å². The van der Waals surface area contributed by atoms with Crippen molar-refractivity contribution in [3.05, 3.63) is 34.5 Å². The Morgan fingerprint density at radius 1 is 1.41 bits per heavy atom. The monoisotopic (exact) mass is 433 g/mol. The van der Waals surface area contributed by atoms with Gasteiger partial charge in [-0.1, -0.05) is 0 Å². The Morgan fingerprint density at radius 3 is 2.66 bits per heavy atom. The number of hydrogen-bond acceptors (Lipinski definition) is 6. The van der Waals surface area contributed by atoms with Crippen LogP contribution >= 0.6 is 11.3 Å². The van der Waals surface area contributed by atoms with Crippen LogP contribution in [0.3, 0.4) is 0 Å². The molecular weight excluding hydrogens is 411 g/mol. The van der Waals surface area contributed by atoms with Gasteiger partial charge in [0.15, 0.2) is 0 Å². The lowest BCUT2D eigenvalue weighted by Crippen LogP contribution is -2.42. The highest BCUT2D eigenvalue weighted by Gasteiger charge is 2.38. The van der Waals surface area contributed by atoms with E-state index >= 15 is 0 Å². The summed E-state index contributed by atoms with van der Waals surface area (Å²) in [6.07, 6.45) is -2.35. The molecule has 12 heteroatoms. The topological polar surface area (TPSA) is 100 Å². The van der Waals surface area contributed by atoms with E-state index in [-0.39, 0.29) is 5.91 Å². The number of carbonyl (C=O) groups excluding carboxylic acids is 1. The average Bonchev–Trinajstić information content (AvgIpc) is 3.32. The van der Waals surface area contributed by atoms with E-state index in [1.807, 2.05) is 6.20 Å². The average molecular weight is 433 g/mol. The summed E-state index contributed by atoms with van der Waals surface area (Å²) < 4.78 is 33.8. The van der Waals surface area contributed by atoms with E-state index in [4.69, 9.17) is 9.90 Å². The quantitative estimate of drug-likeness (QED) is 0.752. The minimum absolute atomic E-state index is 0.0986. The number of fused-ring (bicyclic) bond motifs is 1. The molecule has 1 aliphatic rings. The number of nitrogens with one attached hydrogen (secondary N) is 1. The highest BCUT2D eigenvalue weighted by molar-refractivity contribution is 7.07. The number of alkyl halides is 3. The van der Waals surface area contributed by atoms with Crippen LogP contribution in [-0.2, 0) is 11.3 Å². The van der Waals surface area contributed by atoms with E-state index in [2.05, 4.69) is 44.9 Å². The number of hydrogen-bond donors (Lipinski definition) is 2. The lowest BCUT2D eigenvalue weighted by Gasteiger charge is -2.36. The van der Waals surface area contributed by atoms with Crippen LogP contribution in [0.2, 0.25) is 0 Å². The van der Waals surface area contributed by atoms with E-state index < -0.39 is 12.1 Å². The number of halogens is 3. The van der Waals surface area contributed by atoms with Crippen molar-refractivity contribution < 1.29 is 27.9 Å². The standard InChI is InChI=1S/C15H21N5OS.C2HF3O2/c1-11(2)19-7-12(20-13(8-19)4-6-18-20)3-5-16-15(21)14-9-22-10-17-14;3-2(4,5)1(6)7/h4,6,9-12H,3,5,7-8H2,1-2H3,(H,16,21);(H,6,7). The highest BCUT2D eigenvalue weighted by atomic mass is 32.1. The first-order valence-corrected chi connectivity index (χ1v) is 9.76. The SMILES string of the molecule is CC(C)N1Cc2ccnn2C(CCNC(=O)c2cscn2)C1.O=C(O)C(F)(F)F. The van der Waals surface area contributed by atoms with Gasteiger partial charge in [0.05, 0.1) is 17.2 Å². The molecule has 2 aromatic rings. The van der Waals surface area contributed by atoms with Crippen molar-refractivity contribution in [3.63, 3.8) is 0 Å². The Hall–Kier alpha value is -2.47. The molecule has 1 amide bonds. The first kappa shape index (κ1) is 22.8. The smallest absolute Gasteiger partial charge is 0.475 e. The number of carboxylic acid groups (broad SMARTS) is 1. The van der Waals surface area contributed by atoms with Gasteiger partial charge in [-0.05, 0) is 26.3 Å². The molecule has 1 unspecified atom stereocenters. The molecule has 8 nitrogen and oxygen atoms in total. The van der Waals surface area contributed by atoms with Crippen molar-refractivity contribution >= 4 is 23.2 Å². The summed E-state index contributed by atoms with van der Waals surface area (Å²) in [5, 5.41) is 16.3. The zero-order chi connectivity index (χ0) is 21.6. The maximum Gasteiger partial charge on any atom is 0.490 e. The lowest BCUT2D eigenvalue weighted by molar-refractivity contribution is -0.192. The van der Waals surface area contributed by atoms with Crippen LogP contribution in [0.25, 0.3) is 0 Å². The van der Waals surface area contributed by atoms with E-state index in [9.17, 15) is 18.0 Å². The molecule has 0 saturated heterocycles.